The van der Waals surface area contributed by atoms with Crippen LogP contribution in [-0.2, 0) is 13.0 Å². The van der Waals surface area contributed by atoms with Crippen molar-refractivity contribution in [3.8, 4) is 0 Å². The maximum absolute atomic E-state index is 4.48. The molecule has 1 heterocycles. The Morgan fingerprint density at radius 1 is 1.33 bits per heavy atom. The van der Waals surface area contributed by atoms with Gasteiger partial charge in [0.1, 0.15) is 12.2 Å². The van der Waals surface area contributed by atoms with Gasteiger partial charge in [-0.15, -0.1) is 34.2 Å². The van der Waals surface area contributed by atoms with E-state index in [1.807, 2.05) is 6.92 Å². The lowest BCUT2D eigenvalue weighted by Crippen LogP contribution is -2.39. The van der Waals surface area contributed by atoms with E-state index in [-0.39, 0.29) is 24.0 Å². The highest BCUT2D eigenvalue weighted by atomic mass is 127. The number of halogens is 1. The fourth-order valence-corrected chi connectivity index (χ4v) is 1.67. The molecule has 1 aromatic rings. The first-order chi connectivity index (χ1) is 9.67. The molecule has 0 aliphatic carbocycles. The van der Waals surface area contributed by atoms with Crippen molar-refractivity contribution in [2.24, 2.45) is 4.99 Å². The van der Waals surface area contributed by atoms with Crippen molar-refractivity contribution in [1.82, 2.24) is 25.4 Å². The summed E-state index contributed by atoms with van der Waals surface area (Å²) in [6, 6.07) is 0. The first kappa shape index (κ1) is 19.9. The maximum Gasteiger partial charge on any atom is 0.191 e. The predicted octanol–water partition coefficient (Wildman–Crippen LogP) is 1.98. The summed E-state index contributed by atoms with van der Waals surface area (Å²) in [5.74, 6) is 1.84. The monoisotopic (exact) mass is 406 g/mol. The zero-order valence-electron chi connectivity index (χ0n) is 13.2. The summed E-state index contributed by atoms with van der Waals surface area (Å²) < 4.78 is 2.06. The van der Waals surface area contributed by atoms with E-state index in [0.29, 0.717) is 6.54 Å². The molecule has 0 atom stereocenters. The van der Waals surface area contributed by atoms with E-state index in [1.165, 1.54) is 0 Å². The second-order valence-electron chi connectivity index (χ2n) is 4.77. The third-order valence-electron chi connectivity index (χ3n) is 2.71. The summed E-state index contributed by atoms with van der Waals surface area (Å²) >= 11 is 0. The van der Waals surface area contributed by atoms with Crippen molar-refractivity contribution < 1.29 is 0 Å². The minimum Gasteiger partial charge on any atom is -0.356 e. The number of nitrogens with zero attached hydrogens (tertiary/aromatic N) is 4. The lowest BCUT2D eigenvalue weighted by Gasteiger charge is -2.12. The molecule has 0 saturated carbocycles. The van der Waals surface area contributed by atoms with Gasteiger partial charge in [0.15, 0.2) is 5.96 Å². The topological polar surface area (TPSA) is 67.1 Å². The van der Waals surface area contributed by atoms with Gasteiger partial charge in [-0.3, -0.25) is 0 Å². The van der Waals surface area contributed by atoms with Gasteiger partial charge in [-0.2, -0.15) is 0 Å². The van der Waals surface area contributed by atoms with Gasteiger partial charge in [0.2, 0.25) is 0 Å². The molecular weight excluding hydrogens is 379 g/mol. The molecule has 0 aromatic carbocycles. The van der Waals surface area contributed by atoms with Crippen LogP contribution in [0.25, 0.3) is 0 Å². The molecular formula is C14H27IN6. The van der Waals surface area contributed by atoms with Crippen molar-refractivity contribution in [2.45, 2.75) is 40.2 Å². The third kappa shape index (κ3) is 8.03. The molecule has 0 radical (unpaired) electrons. The molecule has 0 aliphatic heterocycles. The van der Waals surface area contributed by atoms with Crippen molar-refractivity contribution in [2.75, 3.05) is 19.6 Å². The van der Waals surface area contributed by atoms with E-state index in [1.54, 1.807) is 6.33 Å². The quantitative estimate of drug-likeness (QED) is 0.300. The van der Waals surface area contributed by atoms with E-state index in [2.05, 4.69) is 50.8 Å². The molecule has 1 rings (SSSR count). The third-order valence-corrected chi connectivity index (χ3v) is 2.71. The Balaban J connectivity index is 0.00000400. The van der Waals surface area contributed by atoms with Gasteiger partial charge < -0.3 is 15.2 Å². The SMILES string of the molecule is C=C(C)CN=C(NCCC)NCCn1cnnc1CC.I. The summed E-state index contributed by atoms with van der Waals surface area (Å²) in [5.41, 5.74) is 1.05. The number of guanidine groups is 1. The van der Waals surface area contributed by atoms with Crippen LogP contribution in [0.5, 0.6) is 0 Å². The number of rotatable bonds is 8. The van der Waals surface area contributed by atoms with Crippen LogP contribution in [0.4, 0.5) is 0 Å². The van der Waals surface area contributed by atoms with Crippen LogP contribution in [0.2, 0.25) is 0 Å². The Morgan fingerprint density at radius 3 is 2.67 bits per heavy atom. The van der Waals surface area contributed by atoms with Crippen LogP contribution < -0.4 is 10.6 Å². The van der Waals surface area contributed by atoms with Crippen LogP contribution in [-0.4, -0.2) is 40.4 Å². The summed E-state index contributed by atoms with van der Waals surface area (Å²) in [6.07, 6.45) is 3.73. The fraction of sp³-hybridized carbons (Fsp3) is 0.643. The molecule has 7 heteroatoms. The number of aromatic nitrogens is 3. The number of aryl methyl sites for hydroxylation is 1. The van der Waals surface area contributed by atoms with E-state index < -0.39 is 0 Å². The second kappa shape index (κ2) is 11.5. The first-order valence-electron chi connectivity index (χ1n) is 7.20. The highest BCUT2D eigenvalue weighted by Crippen LogP contribution is 1.94. The van der Waals surface area contributed by atoms with Crippen molar-refractivity contribution in [1.29, 1.82) is 0 Å². The molecule has 120 valence electrons. The van der Waals surface area contributed by atoms with Crippen LogP contribution in [0.1, 0.15) is 33.0 Å². The van der Waals surface area contributed by atoms with Gasteiger partial charge in [-0.1, -0.05) is 26.0 Å². The van der Waals surface area contributed by atoms with Gasteiger partial charge in [-0.05, 0) is 13.3 Å². The van der Waals surface area contributed by atoms with Gasteiger partial charge in [0, 0.05) is 26.1 Å². The van der Waals surface area contributed by atoms with Gasteiger partial charge in [0.05, 0.1) is 6.54 Å². The summed E-state index contributed by atoms with van der Waals surface area (Å²) in [4.78, 5) is 4.48. The first-order valence-corrected chi connectivity index (χ1v) is 7.20. The van der Waals surface area contributed by atoms with Crippen LogP contribution in [0.15, 0.2) is 23.5 Å². The summed E-state index contributed by atoms with van der Waals surface area (Å²) in [5, 5.41) is 14.6. The van der Waals surface area contributed by atoms with E-state index in [9.17, 15) is 0 Å². The number of nitrogens with one attached hydrogen (secondary N) is 2. The van der Waals surface area contributed by atoms with Crippen LogP contribution in [0.3, 0.4) is 0 Å². The number of aliphatic imine (C=N–C) groups is 1. The van der Waals surface area contributed by atoms with Gasteiger partial charge in [-0.25, -0.2) is 4.99 Å². The number of hydrogen-bond acceptors (Lipinski definition) is 3. The standard InChI is InChI=1S/C14H26N6.HI/c1-5-7-15-14(17-10-12(3)4)16-8-9-20-11-18-19-13(20)6-2;/h11H,3,5-10H2,1-2,4H3,(H2,15,16,17);1H. The molecule has 0 amide bonds. The van der Waals surface area contributed by atoms with Gasteiger partial charge in [0.25, 0.3) is 0 Å². The largest absolute Gasteiger partial charge is 0.356 e. The maximum atomic E-state index is 4.48. The smallest absolute Gasteiger partial charge is 0.191 e. The molecule has 0 aliphatic rings. The average molecular weight is 406 g/mol. The predicted molar refractivity (Wildman–Crippen MR) is 98.2 cm³/mol. The zero-order chi connectivity index (χ0) is 14.8. The molecule has 2 N–H and O–H groups in total. The molecule has 6 nitrogen and oxygen atoms in total. The molecule has 1 aromatic heterocycles. The normalized spacial score (nSPS) is 10.9. The lowest BCUT2D eigenvalue weighted by molar-refractivity contribution is 0.631. The Hall–Kier alpha value is -1.12. The molecule has 0 spiro atoms. The Labute approximate surface area is 144 Å². The Kier molecular flexibility index (Phi) is 10.9. The highest BCUT2D eigenvalue weighted by molar-refractivity contribution is 14.0. The minimum atomic E-state index is 0. The van der Waals surface area contributed by atoms with E-state index in [0.717, 1.165) is 49.8 Å². The Bertz CT molecular complexity index is 440. The van der Waals surface area contributed by atoms with Crippen LogP contribution >= 0.6 is 24.0 Å². The van der Waals surface area contributed by atoms with Gasteiger partial charge >= 0.3 is 0 Å². The molecule has 21 heavy (non-hydrogen) atoms. The lowest BCUT2D eigenvalue weighted by atomic mass is 10.4. The fourth-order valence-electron chi connectivity index (χ4n) is 1.67. The Morgan fingerprint density at radius 2 is 2.05 bits per heavy atom. The van der Waals surface area contributed by atoms with Crippen LogP contribution in [0, 0.1) is 0 Å². The average Bonchev–Trinajstić information content (AvgIpc) is 2.88. The summed E-state index contributed by atoms with van der Waals surface area (Å²) in [6.45, 7) is 13.2. The molecule has 0 fully saturated rings. The van der Waals surface area contributed by atoms with Crippen molar-refractivity contribution in [3.63, 3.8) is 0 Å². The summed E-state index contributed by atoms with van der Waals surface area (Å²) in [7, 11) is 0. The second-order valence-corrected chi connectivity index (χ2v) is 4.77. The van der Waals surface area contributed by atoms with Crippen molar-refractivity contribution >= 4 is 29.9 Å². The number of hydrogen-bond donors (Lipinski definition) is 2. The van der Waals surface area contributed by atoms with E-state index in [4.69, 9.17) is 0 Å². The van der Waals surface area contributed by atoms with E-state index >= 15 is 0 Å². The zero-order valence-corrected chi connectivity index (χ0v) is 15.6. The highest BCUT2D eigenvalue weighted by Gasteiger charge is 2.02. The minimum absolute atomic E-state index is 0. The molecule has 0 saturated heterocycles. The van der Waals surface area contributed by atoms with Crippen molar-refractivity contribution in [3.05, 3.63) is 24.3 Å². The molecule has 0 bridgehead atoms. The molecule has 0 unspecified atom stereocenters.